The summed E-state index contributed by atoms with van der Waals surface area (Å²) in [4.78, 5) is 16.9. The van der Waals surface area contributed by atoms with Gasteiger partial charge in [-0.25, -0.2) is 0 Å². The highest BCUT2D eigenvalue weighted by molar-refractivity contribution is 6.58. The van der Waals surface area contributed by atoms with Gasteiger partial charge in [0.1, 0.15) is 11.6 Å². The number of rotatable bonds is 8. The van der Waals surface area contributed by atoms with Gasteiger partial charge >= 0.3 is 19.5 Å². The zero-order chi connectivity index (χ0) is 24.7. The molecule has 33 heavy (non-hydrogen) atoms. The van der Waals surface area contributed by atoms with Gasteiger partial charge in [0.2, 0.25) is 0 Å². The van der Waals surface area contributed by atoms with Crippen molar-refractivity contribution in [3.05, 3.63) is 23.3 Å². The van der Waals surface area contributed by atoms with Gasteiger partial charge in [0.25, 0.3) is 5.91 Å². The molecule has 10 heteroatoms. The van der Waals surface area contributed by atoms with Crippen molar-refractivity contribution in [1.29, 1.82) is 0 Å². The lowest BCUT2D eigenvalue weighted by Crippen LogP contribution is -2.30. The van der Waals surface area contributed by atoms with Crippen LogP contribution in [0.5, 0.6) is 5.75 Å². The van der Waals surface area contributed by atoms with Gasteiger partial charge in [-0.3, -0.25) is 4.79 Å². The number of hydrogen-bond acceptors (Lipinski definition) is 2. The Hall–Kier alpha value is -2.13. The summed E-state index contributed by atoms with van der Waals surface area (Å²) >= 11 is 0. The van der Waals surface area contributed by atoms with Gasteiger partial charge in [-0.15, -0.1) is 0 Å². The quantitative estimate of drug-likeness (QED) is 0.253. The van der Waals surface area contributed by atoms with Crippen LogP contribution in [-0.2, 0) is 4.79 Å². The molecule has 3 unspecified atom stereocenters. The molecule has 1 aliphatic heterocycles. The molecule has 2 N–H and O–H groups in total. The van der Waals surface area contributed by atoms with E-state index in [1.165, 1.54) is 12.1 Å². The number of benzene rings is 1. The van der Waals surface area contributed by atoms with Crippen LogP contribution >= 0.6 is 0 Å². The highest BCUT2D eigenvalue weighted by Gasteiger charge is 2.58. The molecule has 3 rings (SSSR count). The maximum Gasteiger partial charge on any atom is 0.392 e. The summed E-state index contributed by atoms with van der Waals surface area (Å²) in [6.07, 6.45) is -2.70. The van der Waals surface area contributed by atoms with Crippen molar-refractivity contribution in [1.82, 2.24) is 0 Å². The number of aliphatic imine (C=N–C) groups is 1. The Labute approximate surface area is 191 Å². The Bertz CT molecular complexity index is 930. The largest absolute Gasteiger partial charge is 0.441 e. The monoisotopic (exact) mass is 471 g/mol. The minimum Gasteiger partial charge on any atom is -0.441 e. The number of alkyl halides is 5. The summed E-state index contributed by atoms with van der Waals surface area (Å²) in [5.41, 5.74) is 6.08. The molecule has 3 atom stereocenters. The summed E-state index contributed by atoms with van der Waals surface area (Å²) in [7, 11) is 0.559. The molecule has 2 aliphatic rings. The van der Waals surface area contributed by atoms with Crippen molar-refractivity contribution in [2.45, 2.75) is 71.5 Å². The van der Waals surface area contributed by atoms with Crippen molar-refractivity contribution in [2.24, 2.45) is 34.4 Å². The van der Waals surface area contributed by atoms with E-state index in [4.69, 9.17) is 10.5 Å². The fourth-order valence-electron chi connectivity index (χ4n) is 4.37. The number of amides is 1. The average molecular weight is 471 g/mol. The summed E-state index contributed by atoms with van der Waals surface area (Å²) in [6.45, 7) is 8.06. The van der Waals surface area contributed by atoms with Crippen molar-refractivity contribution in [2.75, 3.05) is 0 Å². The Balaban J connectivity index is 1.96. The molecule has 1 aliphatic carbocycles. The lowest BCUT2D eigenvalue weighted by molar-refractivity contribution is -0.148. The van der Waals surface area contributed by atoms with Crippen LogP contribution in [0.3, 0.4) is 0 Å². The number of nitrogens with zero attached hydrogens (tertiary/aromatic N) is 1. The first-order chi connectivity index (χ1) is 15.2. The van der Waals surface area contributed by atoms with Crippen LogP contribution in [-0.4, -0.2) is 31.2 Å². The second-order valence-corrected chi connectivity index (χ2v) is 9.88. The molecule has 181 valence electrons. The molecule has 0 saturated heterocycles. The van der Waals surface area contributed by atoms with Crippen LogP contribution in [0.4, 0.5) is 22.0 Å². The first kappa shape index (κ1) is 25.5. The predicted molar refractivity (Wildman–Crippen MR) is 117 cm³/mol. The zero-order valence-electron chi connectivity index (χ0n) is 19.2. The van der Waals surface area contributed by atoms with E-state index in [1.54, 1.807) is 0 Å². The van der Waals surface area contributed by atoms with Gasteiger partial charge in [-0.2, -0.15) is 26.9 Å². The fraction of sp³-hybridized carbons (Fsp3) is 0.652. The second kappa shape index (κ2) is 9.26. The van der Waals surface area contributed by atoms with Crippen molar-refractivity contribution >= 4 is 24.5 Å². The van der Waals surface area contributed by atoms with Gasteiger partial charge < -0.3 is 10.5 Å². The van der Waals surface area contributed by atoms with E-state index in [-0.39, 0.29) is 46.4 Å². The molecule has 1 saturated carbocycles. The Kier molecular flexibility index (Phi) is 7.15. The number of amidine groups is 1. The van der Waals surface area contributed by atoms with E-state index in [1.807, 2.05) is 27.7 Å². The minimum absolute atomic E-state index is 0.000295. The number of nitrogens with two attached hydrogens (primary N) is 1. The van der Waals surface area contributed by atoms with Crippen molar-refractivity contribution in [3.63, 3.8) is 0 Å². The predicted octanol–water partition coefficient (Wildman–Crippen LogP) is 4.96. The number of carbonyl (C=O) groups is 1. The molecule has 0 bridgehead atoms. The number of halogens is 5. The van der Waals surface area contributed by atoms with Crippen molar-refractivity contribution in [3.8, 4) is 5.75 Å². The lowest BCUT2D eigenvalue weighted by atomic mass is 9.69. The standard InChI is InChI=1S/C23H29BF5N2O2/c1-11(2)5-6-13(9-12(3)4)21(32)31-20(30)14-7-8-17-19(33-23(28,29)24-17)18(14)15-10-16(15)22(25,26)27/h7-8,11-13,15-16H,5-6,9-10H2,1-4H3,(H2,30,31,32). The van der Waals surface area contributed by atoms with Gasteiger partial charge in [0.15, 0.2) is 0 Å². The molecular weight excluding hydrogens is 442 g/mol. The Morgan fingerprint density at radius 2 is 1.88 bits per heavy atom. The van der Waals surface area contributed by atoms with Crippen LogP contribution < -0.4 is 15.9 Å². The summed E-state index contributed by atoms with van der Waals surface area (Å²) < 4.78 is 72.2. The Morgan fingerprint density at radius 3 is 2.42 bits per heavy atom. The van der Waals surface area contributed by atoms with E-state index < -0.39 is 29.9 Å². The Morgan fingerprint density at radius 1 is 1.21 bits per heavy atom. The highest BCUT2D eigenvalue weighted by atomic mass is 19.4. The number of fused-ring (bicyclic) bond motifs is 1. The van der Waals surface area contributed by atoms with Crippen LogP contribution in [0.1, 0.15) is 70.4 Å². The van der Waals surface area contributed by atoms with Gasteiger partial charge in [0, 0.05) is 23.0 Å². The topological polar surface area (TPSA) is 64.7 Å². The molecule has 1 aromatic rings. The van der Waals surface area contributed by atoms with Crippen LogP contribution in [0, 0.1) is 23.7 Å². The molecule has 0 aromatic heterocycles. The molecule has 4 nitrogen and oxygen atoms in total. The van der Waals surface area contributed by atoms with E-state index in [9.17, 15) is 26.7 Å². The first-order valence-corrected chi connectivity index (χ1v) is 11.2. The van der Waals surface area contributed by atoms with Gasteiger partial charge in [-0.05, 0) is 36.6 Å². The molecule has 1 heterocycles. The third kappa shape index (κ3) is 6.06. The van der Waals surface area contributed by atoms with Gasteiger partial charge in [0.05, 0.1) is 5.92 Å². The van der Waals surface area contributed by atoms with Crippen LogP contribution in [0.2, 0.25) is 0 Å². The number of hydrogen-bond donors (Lipinski definition) is 1. The first-order valence-electron chi connectivity index (χ1n) is 11.2. The van der Waals surface area contributed by atoms with E-state index in [2.05, 4.69) is 4.99 Å². The second-order valence-electron chi connectivity index (χ2n) is 9.88. The molecule has 1 radical (unpaired) electrons. The normalized spacial score (nSPS) is 22.7. The fourth-order valence-corrected chi connectivity index (χ4v) is 4.37. The zero-order valence-corrected chi connectivity index (χ0v) is 19.2. The molecule has 0 spiro atoms. The minimum atomic E-state index is -4.48. The van der Waals surface area contributed by atoms with Gasteiger partial charge in [-0.1, -0.05) is 46.2 Å². The summed E-state index contributed by atoms with van der Waals surface area (Å²) in [5.74, 6) is -3.54. The van der Waals surface area contributed by atoms with Crippen molar-refractivity contribution < 1.29 is 31.5 Å². The van der Waals surface area contributed by atoms with E-state index in [0.717, 1.165) is 6.42 Å². The molecule has 1 aromatic carbocycles. The molecule has 1 amide bonds. The molecular formula is C23H29BF5N2O2. The SMILES string of the molecule is CC(C)CCC(CC(C)C)C(=O)N=C(N)c1ccc2c(c1C1CC1C(F)(F)F)OC(F)(F)[B]2. The third-order valence-corrected chi connectivity index (χ3v) is 6.07. The highest BCUT2D eigenvalue weighted by Crippen LogP contribution is 2.59. The van der Waals surface area contributed by atoms with Crippen LogP contribution in [0.25, 0.3) is 0 Å². The number of carbonyl (C=O) groups excluding carboxylic acids is 1. The van der Waals surface area contributed by atoms with Crippen LogP contribution in [0.15, 0.2) is 17.1 Å². The van der Waals surface area contributed by atoms with E-state index >= 15 is 0 Å². The molecule has 1 fully saturated rings. The third-order valence-electron chi connectivity index (χ3n) is 6.07. The lowest BCUT2D eigenvalue weighted by Gasteiger charge is -2.18. The maximum atomic E-state index is 13.8. The summed E-state index contributed by atoms with van der Waals surface area (Å²) in [5, 5.41) is 0. The maximum absolute atomic E-state index is 13.8. The number of ether oxygens (including phenoxy) is 1. The summed E-state index contributed by atoms with van der Waals surface area (Å²) in [6, 6.07) is -0.977. The van der Waals surface area contributed by atoms with E-state index in [0.29, 0.717) is 26.0 Å². The average Bonchev–Trinajstić information content (AvgIpc) is 3.39. The smallest absolute Gasteiger partial charge is 0.392 e.